The molecule has 0 bridgehead atoms. The van der Waals surface area contributed by atoms with Gasteiger partial charge in [0.1, 0.15) is 0 Å². The van der Waals surface area contributed by atoms with Crippen molar-refractivity contribution in [3.63, 3.8) is 0 Å². The number of amides is 1. The second-order valence-electron chi connectivity index (χ2n) is 5.62. The summed E-state index contributed by atoms with van der Waals surface area (Å²) in [5.41, 5.74) is 0.267. The van der Waals surface area contributed by atoms with Gasteiger partial charge in [0.15, 0.2) is 17.6 Å². The minimum Gasteiger partial charge on any atom is -0.493 e. The number of anilines is 1. The predicted molar refractivity (Wildman–Crippen MR) is 109 cm³/mol. The maximum atomic E-state index is 12.2. The van der Waals surface area contributed by atoms with E-state index < -0.39 is 18.0 Å². The van der Waals surface area contributed by atoms with E-state index in [4.69, 9.17) is 49.0 Å². The lowest BCUT2D eigenvalue weighted by Gasteiger charge is -2.15. The van der Waals surface area contributed by atoms with Crippen molar-refractivity contribution in [2.24, 2.45) is 0 Å². The molecule has 0 radical (unpaired) electrons. The van der Waals surface area contributed by atoms with Crippen molar-refractivity contribution < 1.29 is 23.8 Å². The van der Waals surface area contributed by atoms with Crippen LogP contribution in [0.1, 0.15) is 13.3 Å². The Morgan fingerprint density at radius 3 is 2.36 bits per heavy atom. The van der Waals surface area contributed by atoms with Crippen LogP contribution in [0.15, 0.2) is 36.4 Å². The second-order valence-corrected chi connectivity index (χ2v) is 6.84. The van der Waals surface area contributed by atoms with Crippen LogP contribution in [0.5, 0.6) is 11.5 Å². The molecule has 9 heteroatoms. The highest BCUT2D eigenvalue weighted by Crippen LogP contribution is 2.32. The Kier molecular flexibility index (Phi) is 8.23. The fraction of sp³-hybridized carbons (Fsp3) is 0.263. The van der Waals surface area contributed by atoms with Gasteiger partial charge in [-0.25, -0.2) is 0 Å². The average Bonchev–Trinajstić information content (AvgIpc) is 2.66. The summed E-state index contributed by atoms with van der Waals surface area (Å²) in [4.78, 5) is 24.1. The Morgan fingerprint density at radius 2 is 1.68 bits per heavy atom. The molecular weight excluding hydrogens is 429 g/mol. The number of carbonyl (C=O) groups is 2. The van der Waals surface area contributed by atoms with Crippen LogP contribution in [0.4, 0.5) is 5.69 Å². The first-order chi connectivity index (χ1) is 13.3. The van der Waals surface area contributed by atoms with E-state index in [1.807, 2.05) is 0 Å². The minimum atomic E-state index is -1.04. The summed E-state index contributed by atoms with van der Waals surface area (Å²) < 4.78 is 15.8. The standard InChI is InChI=1S/C19H18Cl3NO5/c1-11(19(25)23-15-10-13(21)12(20)9-14(15)22)28-18(24)7-8-27-17-6-4-3-5-16(17)26-2/h3-6,9-11H,7-8H2,1-2H3,(H,23,25). The van der Waals surface area contributed by atoms with E-state index in [1.54, 1.807) is 24.3 Å². The molecular formula is C19H18Cl3NO5. The van der Waals surface area contributed by atoms with E-state index in [2.05, 4.69) is 5.32 Å². The van der Waals surface area contributed by atoms with E-state index in [-0.39, 0.29) is 33.8 Å². The number of esters is 1. The number of ether oxygens (including phenoxy) is 3. The number of carbonyl (C=O) groups excluding carboxylic acids is 2. The molecule has 0 fully saturated rings. The molecule has 0 saturated carbocycles. The number of hydrogen-bond donors (Lipinski definition) is 1. The van der Waals surface area contributed by atoms with E-state index in [9.17, 15) is 9.59 Å². The van der Waals surface area contributed by atoms with Crippen LogP contribution in [-0.2, 0) is 14.3 Å². The van der Waals surface area contributed by atoms with Gasteiger partial charge in [0, 0.05) is 0 Å². The normalized spacial score (nSPS) is 11.5. The van der Waals surface area contributed by atoms with Crippen molar-refractivity contribution in [3.8, 4) is 11.5 Å². The Hall–Kier alpha value is -2.15. The molecule has 0 aliphatic heterocycles. The molecule has 0 aliphatic rings. The molecule has 0 aliphatic carbocycles. The molecule has 2 aromatic rings. The van der Waals surface area contributed by atoms with Crippen LogP contribution in [0, 0.1) is 0 Å². The highest BCUT2D eigenvalue weighted by atomic mass is 35.5. The summed E-state index contributed by atoms with van der Waals surface area (Å²) in [6, 6.07) is 9.89. The van der Waals surface area contributed by atoms with Crippen molar-refractivity contribution in [1.29, 1.82) is 0 Å². The van der Waals surface area contributed by atoms with Crippen molar-refractivity contribution in [2.45, 2.75) is 19.4 Å². The number of nitrogens with one attached hydrogen (secondary N) is 1. The molecule has 28 heavy (non-hydrogen) atoms. The number of para-hydroxylation sites is 2. The van der Waals surface area contributed by atoms with Crippen LogP contribution in [0.2, 0.25) is 15.1 Å². The third-order valence-electron chi connectivity index (χ3n) is 3.58. The predicted octanol–water partition coefficient (Wildman–Crippen LogP) is 4.99. The average molecular weight is 447 g/mol. The minimum absolute atomic E-state index is 0.0385. The van der Waals surface area contributed by atoms with E-state index >= 15 is 0 Å². The first-order valence-corrected chi connectivity index (χ1v) is 9.36. The van der Waals surface area contributed by atoms with Gasteiger partial charge in [-0.15, -0.1) is 0 Å². The largest absolute Gasteiger partial charge is 0.493 e. The molecule has 0 heterocycles. The zero-order chi connectivity index (χ0) is 20.7. The summed E-state index contributed by atoms with van der Waals surface area (Å²) >= 11 is 17.8. The quantitative estimate of drug-likeness (QED) is 0.456. The number of benzene rings is 2. The van der Waals surface area contributed by atoms with E-state index in [1.165, 1.54) is 26.2 Å². The first-order valence-electron chi connectivity index (χ1n) is 8.22. The van der Waals surface area contributed by atoms with Crippen LogP contribution in [-0.4, -0.2) is 31.7 Å². The van der Waals surface area contributed by atoms with E-state index in [0.717, 1.165) is 0 Å². The Labute approximate surface area is 177 Å². The summed E-state index contributed by atoms with van der Waals surface area (Å²) in [5, 5.41) is 3.25. The lowest BCUT2D eigenvalue weighted by Crippen LogP contribution is -2.30. The maximum absolute atomic E-state index is 12.2. The van der Waals surface area contributed by atoms with Gasteiger partial charge in [0.2, 0.25) is 0 Å². The third-order valence-corrected chi connectivity index (χ3v) is 4.61. The topological polar surface area (TPSA) is 73.9 Å². The summed E-state index contributed by atoms with van der Waals surface area (Å²) in [6.07, 6.45) is -1.08. The highest BCUT2D eigenvalue weighted by Gasteiger charge is 2.19. The van der Waals surface area contributed by atoms with Crippen LogP contribution >= 0.6 is 34.8 Å². The third kappa shape index (κ3) is 6.19. The van der Waals surface area contributed by atoms with Gasteiger partial charge in [0.25, 0.3) is 5.91 Å². The molecule has 1 unspecified atom stereocenters. The number of hydrogen-bond acceptors (Lipinski definition) is 5. The van der Waals surface area contributed by atoms with Gasteiger partial charge >= 0.3 is 5.97 Å². The van der Waals surface area contributed by atoms with Crippen molar-refractivity contribution in [3.05, 3.63) is 51.5 Å². The molecule has 1 atom stereocenters. The molecule has 0 spiro atoms. The van der Waals surface area contributed by atoms with Crippen LogP contribution < -0.4 is 14.8 Å². The monoisotopic (exact) mass is 445 g/mol. The first kappa shape index (κ1) is 22.1. The van der Waals surface area contributed by atoms with E-state index in [0.29, 0.717) is 11.5 Å². The summed E-state index contributed by atoms with van der Waals surface area (Å²) in [7, 11) is 1.52. The highest BCUT2D eigenvalue weighted by molar-refractivity contribution is 6.44. The lowest BCUT2D eigenvalue weighted by molar-refractivity contribution is -0.153. The molecule has 150 valence electrons. The molecule has 1 N–H and O–H groups in total. The van der Waals surface area contributed by atoms with Gasteiger partial charge in [-0.3, -0.25) is 9.59 Å². The Balaban J connectivity index is 1.83. The molecule has 1 amide bonds. The number of methoxy groups -OCH3 is 1. The summed E-state index contributed by atoms with van der Waals surface area (Å²) in [6.45, 7) is 1.52. The second kappa shape index (κ2) is 10.4. The fourth-order valence-corrected chi connectivity index (χ4v) is 2.74. The maximum Gasteiger partial charge on any atom is 0.310 e. The Morgan fingerprint density at radius 1 is 1.04 bits per heavy atom. The molecule has 0 aromatic heterocycles. The molecule has 6 nitrogen and oxygen atoms in total. The molecule has 0 saturated heterocycles. The zero-order valence-electron chi connectivity index (χ0n) is 15.1. The SMILES string of the molecule is COc1ccccc1OCCC(=O)OC(C)C(=O)Nc1cc(Cl)c(Cl)cc1Cl. The summed E-state index contributed by atoms with van der Waals surface area (Å²) in [5.74, 6) is -0.0722. The van der Waals surface area contributed by atoms with Gasteiger partial charge in [-0.05, 0) is 31.2 Å². The van der Waals surface area contributed by atoms with Crippen molar-refractivity contribution in [1.82, 2.24) is 0 Å². The lowest BCUT2D eigenvalue weighted by atomic mass is 10.3. The Bertz CT molecular complexity index is 859. The molecule has 2 aromatic carbocycles. The van der Waals surface area contributed by atoms with Gasteiger partial charge in [0.05, 0.1) is 40.9 Å². The van der Waals surface area contributed by atoms with Crippen molar-refractivity contribution >= 4 is 52.4 Å². The fourth-order valence-electron chi connectivity index (χ4n) is 2.14. The van der Waals surface area contributed by atoms with Gasteiger partial charge in [-0.2, -0.15) is 0 Å². The zero-order valence-corrected chi connectivity index (χ0v) is 17.4. The smallest absolute Gasteiger partial charge is 0.310 e. The van der Waals surface area contributed by atoms with Crippen molar-refractivity contribution in [2.75, 3.05) is 19.0 Å². The van der Waals surface area contributed by atoms with Gasteiger partial charge < -0.3 is 19.5 Å². The van der Waals surface area contributed by atoms with Crippen LogP contribution in [0.3, 0.4) is 0 Å². The van der Waals surface area contributed by atoms with Crippen LogP contribution in [0.25, 0.3) is 0 Å². The number of halogens is 3. The van der Waals surface area contributed by atoms with Gasteiger partial charge in [-0.1, -0.05) is 46.9 Å². The number of rotatable bonds is 8. The molecule has 2 rings (SSSR count).